The number of furan rings is 2. The lowest BCUT2D eigenvalue weighted by Gasteiger charge is -2.26. The molecule has 0 saturated carbocycles. The second kappa shape index (κ2) is 6.32. The van der Waals surface area contributed by atoms with E-state index < -0.39 is 9.84 Å². The minimum Gasteiger partial charge on any atom is -0.467 e. The topological polar surface area (TPSA) is 80.7 Å². The Balaban J connectivity index is 1.72. The van der Waals surface area contributed by atoms with Gasteiger partial charge in [0.25, 0.3) is 5.91 Å². The zero-order valence-electron chi connectivity index (χ0n) is 14.3. The van der Waals surface area contributed by atoms with Crippen molar-refractivity contribution in [2.24, 2.45) is 0 Å². The van der Waals surface area contributed by atoms with Gasteiger partial charge in [-0.25, -0.2) is 8.42 Å². The molecule has 1 aromatic carbocycles. The highest BCUT2D eigenvalue weighted by atomic mass is 32.2. The number of carbonyl (C=O) groups excluding carboxylic acids is 1. The van der Waals surface area contributed by atoms with E-state index in [9.17, 15) is 13.2 Å². The predicted molar refractivity (Wildman–Crippen MR) is 96.6 cm³/mol. The zero-order valence-corrected chi connectivity index (χ0v) is 15.2. The molecule has 1 atom stereocenters. The van der Waals surface area contributed by atoms with Crippen LogP contribution in [0.3, 0.4) is 0 Å². The Morgan fingerprint density at radius 3 is 2.69 bits per heavy atom. The molecule has 3 aromatic rings. The number of fused-ring (bicyclic) bond motifs is 1. The van der Waals surface area contributed by atoms with Crippen LogP contribution in [0.1, 0.15) is 28.3 Å². The van der Waals surface area contributed by atoms with E-state index in [1.165, 1.54) is 6.26 Å². The van der Waals surface area contributed by atoms with Gasteiger partial charge in [-0.3, -0.25) is 4.79 Å². The minimum absolute atomic E-state index is 0.0290. The van der Waals surface area contributed by atoms with E-state index in [0.29, 0.717) is 17.8 Å². The van der Waals surface area contributed by atoms with Gasteiger partial charge in [-0.05, 0) is 31.5 Å². The van der Waals surface area contributed by atoms with E-state index in [4.69, 9.17) is 8.83 Å². The third kappa shape index (κ3) is 3.03. The molecule has 0 radical (unpaired) electrons. The van der Waals surface area contributed by atoms with Crippen LogP contribution >= 0.6 is 0 Å². The number of para-hydroxylation sites is 1. The Hall–Kier alpha value is -2.54. The van der Waals surface area contributed by atoms with Crippen molar-refractivity contribution in [3.05, 3.63) is 59.7 Å². The molecular weight excluding hydrogens is 354 g/mol. The summed E-state index contributed by atoms with van der Waals surface area (Å²) >= 11 is 0. The molecule has 0 unspecified atom stereocenters. The predicted octanol–water partition coefficient (Wildman–Crippen LogP) is 3.16. The lowest BCUT2D eigenvalue weighted by molar-refractivity contribution is 0.0634. The normalized spacial score (nSPS) is 19.0. The molecule has 26 heavy (non-hydrogen) atoms. The highest BCUT2D eigenvalue weighted by Crippen LogP contribution is 2.29. The van der Waals surface area contributed by atoms with Gasteiger partial charge in [-0.2, -0.15) is 0 Å². The Morgan fingerprint density at radius 2 is 2.04 bits per heavy atom. The Kier molecular flexibility index (Phi) is 4.11. The molecular formula is C19H19NO5S. The summed E-state index contributed by atoms with van der Waals surface area (Å²) in [5, 5.41) is 0.882. The monoisotopic (exact) mass is 373 g/mol. The van der Waals surface area contributed by atoms with Crippen molar-refractivity contribution in [1.82, 2.24) is 4.90 Å². The van der Waals surface area contributed by atoms with E-state index in [2.05, 4.69) is 0 Å². The van der Waals surface area contributed by atoms with E-state index >= 15 is 0 Å². The average Bonchev–Trinajstić information content (AvgIpc) is 3.32. The molecule has 136 valence electrons. The van der Waals surface area contributed by atoms with Crippen molar-refractivity contribution in [2.45, 2.75) is 25.9 Å². The number of aryl methyl sites for hydroxylation is 1. The average molecular weight is 373 g/mol. The van der Waals surface area contributed by atoms with Crippen molar-refractivity contribution in [3.8, 4) is 0 Å². The maximum Gasteiger partial charge on any atom is 0.290 e. The quantitative estimate of drug-likeness (QED) is 0.702. The molecule has 7 heteroatoms. The lowest BCUT2D eigenvalue weighted by Crippen LogP contribution is -2.40. The Morgan fingerprint density at radius 1 is 1.23 bits per heavy atom. The molecule has 0 N–H and O–H groups in total. The number of sulfone groups is 1. The van der Waals surface area contributed by atoms with E-state index in [-0.39, 0.29) is 35.8 Å². The summed E-state index contributed by atoms with van der Waals surface area (Å²) in [6, 6.07) is 10.6. The highest BCUT2D eigenvalue weighted by Gasteiger charge is 2.37. The molecule has 1 aliphatic rings. The number of hydrogen-bond acceptors (Lipinski definition) is 5. The fourth-order valence-electron chi connectivity index (χ4n) is 3.47. The largest absolute Gasteiger partial charge is 0.467 e. The molecule has 1 aliphatic heterocycles. The fourth-order valence-corrected chi connectivity index (χ4v) is 5.20. The first-order valence-corrected chi connectivity index (χ1v) is 10.3. The van der Waals surface area contributed by atoms with Gasteiger partial charge >= 0.3 is 0 Å². The SMILES string of the molecule is Cc1c(C(=O)N(Cc2ccco2)[C@@H]2CCS(=O)(=O)C2)oc2ccccc12. The van der Waals surface area contributed by atoms with Crippen molar-refractivity contribution in [1.29, 1.82) is 0 Å². The first kappa shape index (κ1) is 16.9. The minimum atomic E-state index is -3.12. The van der Waals surface area contributed by atoms with E-state index in [1.54, 1.807) is 17.0 Å². The van der Waals surface area contributed by atoms with Gasteiger partial charge < -0.3 is 13.7 Å². The van der Waals surface area contributed by atoms with Crippen LogP contribution in [-0.2, 0) is 16.4 Å². The van der Waals surface area contributed by atoms with Crippen molar-refractivity contribution < 1.29 is 22.0 Å². The number of rotatable bonds is 4. The van der Waals surface area contributed by atoms with Gasteiger partial charge in [0.15, 0.2) is 15.6 Å². The summed E-state index contributed by atoms with van der Waals surface area (Å²) in [6.07, 6.45) is 1.96. The van der Waals surface area contributed by atoms with Crippen LogP contribution in [0.2, 0.25) is 0 Å². The zero-order chi connectivity index (χ0) is 18.3. The molecule has 1 fully saturated rings. The molecule has 0 spiro atoms. The van der Waals surface area contributed by atoms with Crippen LogP contribution in [-0.4, -0.2) is 36.8 Å². The number of benzene rings is 1. The van der Waals surface area contributed by atoms with Crippen LogP contribution in [0.25, 0.3) is 11.0 Å². The van der Waals surface area contributed by atoms with Crippen LogP contribution < -0.4 is 0 Å². The molecule has 6 nitrogen and oxygen atoms in total. The van der Waals surface area contributed by atoms with E-state index in [1.807, 2.05) is 31.2 Å². The first-order chi connectivity index (χ1) is 12.4. The van der Waals surface area contributed by atoms with Gasteiger partial charge in [0.05, 0.1) is 24.3 Å². The van der Waals surface area contributed by atoms with Crippen molar-refractivity contribution >= 4 is 26.7 Å². The number of hydrogen-bond donors (Lipinski definition) is 0. The first-order valence-electron chi connectivity index (χ1n) is 8.46. The molecule has 2 aromatic heterocycles. The van der Waals surface area contributed by atoms with Crippen LogP contribution in [0.4, 0.5) is 0 Å². The standard InChI is InChI=1S/C19H19NO5S/c1-13-16-6-2-3-7-17(16)25-18(13)19(21)20(11-15-5-4-9-24-15)14-8-10-26(22,23)12-14/h2-7,9,14H,8,10-12H2,1H3/t14-/m1/s1. The summed E-state index contributed by atoms with van der Waals surface area (Å²) < 4.78 is 35.0. The summed E-state index contributed by atoms with van der Waals surface area (Å²) in [6.45, 7) is 2.05. The number of nitrogens with zero attached hydrogens (tertiary/aromatic N) is 1. The molecule has 1 amide bonds. The van der Waals surface area contributed by atoms with Crippen LogP contribution in [0.5, 0.6) is 0 Å². The van der Waals surface area contributed by atoms with Gasteiger partial charge in [0.1, 0.15) is 11.3 Å². The summed E-state index contributed by atoms with van der Waals surface area (Å²) in [7, 11) is -3.12. The Bertz CT molecular complexity index is 1050. The third-order valence-corrected chi connectivity index (χ3v) is 6.60. The van der Waals surface area contributed by atoms with Crippen LogP contribution in [0, 0.1) is 6.92 Å². The fraction of sp³-hybridized carbons (Fsp3) is 0.316. The van der Waals surface area contributed by atoms with E-state index in [0.717, 1.165) is 10.9 Å². The molecule has 4 rings (SSSR count). The maximum absolute atomic E-state index is 13.3. The molecule has 1 saturated heterocycles. The van der Waals surface area contributed by atoms with Gasteiger partial charge in [-0.1, -0.05) is 18.2 Å². The Labute approximate surface area is 151 Å². The summed E-state index contributed by atoms with van der Waals surface area (Å²) in [5.74, 6) is 0.618. The second-order valence-electron chi connectivity index (χ2n) is 6.62. The molecule has 0 bridgehead atoms. The smallest absolute Gasteiger partial charge is 0.290 e. The third-order valence-electron chi connectivity index (χ3n) is 4.85. The summed E-state index contributed by atoms with van der Waals surface area (Å²) in [5.41, 5.74) is 1.40. The van der Waals surface area contributed by atoms with Gasteiger partial charge in [-0.15, -0.1) is 0 Å². The molecule has 3 heterocycles. The highest BCUT2D eigenvalue weighted by molar-refractivity contribution is 7.91. The maximum atomic E-state index is 13.3. The van der Waals surface area contributed by atoms with Crippen molar-refractivity contribution in [3.63, 3.8) is 0 Å². The second-order valence-corrected chi connectivity index (χ2v) is 8.85. The van der Waals surface area contributed by atoms with Gasteiger partial charge in [0.2, 0.25) is 0 Å². The number of amides is 1. The number of carbonyl (C=O) groups is 1. The van der Waals surface area contributed by atoms with Crippen LogP contribution in [0.15, 0.2) is 51.5 Å². The lowest BCUT2D eigenvalue weighted by atomic mass is 10.1. The van der Waals surface area contributed by atoms with Gasteiger partial charge in [0, 0.05) is 17.0 Å². The molecule has 0 aliphatic carbocycles. The van der Waals surface area contributed by atoms with Crippen molar-refractivity contribution in [2.75, 3.05) is 11.5 Å². The summed E-state index contributed by atoms with van der Waals surface area (Å²) in [4.78, 5) is 14.8.